The van der Waals surface area contributed by atoms with E-state index in [0.717, 1.165) is 43.2 Å². The Hall–Kier alpha value is -2.23. The molecule has 0 radical (unpaired) electrons. The lowest BCUT2D eigenvalue weighted by Crippen LogP contribution is -2.39. The SMILES string of the molecule is CN=C(NCCc1ccc(NC(=O)OC(C)(C)C)cc1)NCCc1ccco1.I. The Labute approximate surface area is 189 Å². The van der Waals surface area contributed by atoms with Gasteiger partial charge in [-0.2, -0.15) is 0 Å². The molecular weight excluding hydrogens is 483 g/mol. The molecule has 29 heavy (non-hydrogen) atoms. The largest absolute Gasteiger partial charge is 0.469 e. The van der Waals surface area contributed by atoms with E-state index in [-0.39, 0.29) is 24.0 Å². The minimum atomic E-state index is -0.514. The van der Waals surface area contributed by atoms with Crippen LogP contribution in [-0.2, 0) is 17.6 Å². The summed E-state index contributed by atoms with van der Waals surface area (Å²) in [4.78, 5) is 16.0. The lowest BCUT2D eigenvalue weighted by atomic mass is 10.1. The summed E-state index contributed by atoms with van der Waals surface area (Å²) in [5, 5.41) is 9.28. The molecule has 0 bridgehead atoms. The number of carbonyl (C=O) groups is 1. The van der Waals surface area contributed by atoms with Crippen molar-refractivity contribution in [3.05, 3.63) is 54.0 Å². The van der Waals surface area contributed by atoms with Crippen molar-refractivity contribution in [3.63, 3.8) is 0 Å². The van der Waals surface area contributed by atoms with E-state index in [9.17, 15) is 4.79 Å². The van der Waals surface area contributed by atoms with Gasteiger partial charge in [0.25, 0.3) is 0 Å². The van der Waals surface area contributed by atoms with Crippen LogP contribution >= 0.6 is 24.0 Å². The van der Waals surface area contributed by atoms with Gasteiger partial charge in [-0.05, 0) is 57.0 Å². The van der Waals surface area contributed by atoms with Gasteiger partial charge < -0.3 is 19.8 Å². The highest BCUT2D eigenvalue weighted by Crippen LogP contribution is 2.13. The summed E-state index contributed by atoms with van der Waals surface area (Å²) in [6.07, 6.45) is 2.87. The van der Waals surface area contributed by atoms with E-state index in [0.29, 0.717) is 5.69 Å². The summed E-state index contributed by atoms with van der Waals surface area (Å²) in [7, 11) is 1.75. The van der Waals surface area contributed by atoms with Crippen LogP contribution in [0.1, 0.15) is 32.1 Å². The predicted octanol–water partition coefficient (Wildman–Crippen LogP) is 4.19. The lowest BCUT2D eigenvalue weighted by molar-refractivity contribution is 0.0636. The Morgan fingerprint density at radius 3 is 2.28 bits per heavy atom. The Morgan fingerprint density at radius 1 is 1.07 bits per heavy atom. The maximum atomic E-state index is 11.8. The number of halogens is 1. The number of amides is 1. The molecule has 0 saturated carbocycles. The molecule has 1 aromatic heterocycles. The van der Waals surface area contributed by atoms with Crippen LogP contribution in [-0.4, -0.2) is 37.8 Å². The van der Waals surface area contributed by atoms with Gasteiger partial charge in [0.2, 0.25) is 0 Å². The summed E-state index contributed by atoms with van der Waals surface area (Å²) < 4.78 is 10.6. The van der Waals surface area contributed by atoms with Crippen LogP contribution < -0.4 is 16.0 Å². The second-order valence-electron chi connectivity index (χ2n) is 7.33. The Morgan fingerprint density at radius 2 is 1.72 bits per heavy atom. The van der Waals surface area contributed by atoms with E-state index in [1.807, 2.05) is 57.2 Å². The van der Waals surface area contributed by atoms with Crippen molar-refractivity contribution in [2.45, 2.75) is 39.2 Å². The van der Waals surface area contributed by atoms with Gasteiger partial charge in [0.05, 0.1) is 6.26 Å². The van der Waals surface area contributed by atoms with Gasteiger partial charge >= 0.3 is 6.09 Å². The zero-order valence-electron chi connectivity index (χ0n) is 17.5. The van der Waals surface area contributed by atoms with Gasteiger partial charge in [-0.3, -0.25) is 10.3 Å². The van der Waals surface area contributed by atoms with E-state index >= 15 is 0 Å². The molecule has 3 N–H and O–H groups in total. The van der Waals surface area contributed by atoms with E-state index in [1.165, 1.54) is 0 Å². The van der Waals surface area contributed by atoms with Crippen LogP contribution in [0.2, 0.25) is 0 Å². The molecular formula is C21H31IN4O3. The molecule has 1 amide bonds. The molecule has 0 aliphatic carbocycles. The number of furan rings is 1. The maximum absolute atomic E-state index is 11.8. The predicted molar refractivity (Wildman–Crippen MR) is 127 cm³/mol. The highest BCUT2D eigenvalue weighted by Gasteiger charge is 2.16. The van der Waals surface area contributed by atoms with Crippen molar-refractivity contribution in [1.29, 1.82) is 0 Å². The fourth-order valence-corrected chi connectivity index (χ4v) is 2.48. The molecule has 2 rings (SSSR count). The quantitative estimate of drug-likeness (QED) is 0.293. The molecule has 7 nitrogen and oxygen atoms in total. The molecule has 0 aliphatic rings. The van der Waals surface area contributed by atoms with Gasteiger partial charge in [-0.15, -0.1) is 24.0 Å². The van der Waals surface area contributed by atoms with Crippen LogP contribution in [0.4, 0.5) is 10.5 Å². The van der Waals surface area contributed by atoms with Crippen molar-refractivity contribution < 1.29 is 13.9 Å². The lowest BCUT2D eigenvalue weighted by Gasteiger charge is -2.19. The third kappa shape index (κ3) is 10.2. The summed E-state index contributed by atoms with van der Waals surface area (Å²) >= 11 is 0. The van der Waals surface area contributed by atoms with Gasteiger partial charge in [-0.1, -0.05) is 12.1 Å². The number of guanidine groups is 1. The Bertz CT molecular complexity index is 753. The van der Waals surface area contributed by atoms with Crippen LogP contribution in [0.15, 0.2) is 52.1 Å². The third-order valence-electron chi connectivity index (χ3n) is 3.77. The number of hydrogen-bond donors (Lipinski definition) is 3. The fraction of sp³-hybridized carbons (Fsp3) is 0.429. The number of carbonyl (C=O) groups excluding carboxylic acids is 1. The first-order valence-electron chi connectivity index (χ1n) is 9.41. The summed E-state index contributed by atoms with van der Waals surface area (Å²) in [5.74, 6) is 1.71. The summed E-state index contributed by atoms with van der Waals surface area (Å²) in [5.41, 5.74) is 1.36. The van der Waals surface area contributed by atoms with Crippen molar-refractivity contribution in [1.82, 2.24) is 10.6 Å². The molecule has 0 unspecified atom stereocenters. The van der Waals surface area contributed by atoms with Crippen LogP contribution in [0.5, 0.6) is 0 Å². The molecule has 0 saturated heterocycles. The molecule has 1 aromatic carbocycles. The molecule has 0 atom stereocenters. The number of ether oxygens (including phenoxy) is 1. The third-order valence-corrected chi connectivity index (χ3v) is 3.77. The number of anilines is 1. The van der Waals surface area contributed by atoms with Crippen molar-refractivity contribution in [2.75, 3.05) is 25.5 Å². The molecule has 0 aliphatic heterocycles. The van der Waals surface area contributed by atoms with E-state index < -0.39 is 11.7 Å². The second kappa shape index (κ2) is 12.4. The smallest absolute Gasteiger partial charge is 0.412 e. The topological polar surface area (TPSA) is 87.9 Å². The number of hydrogen-bond acceptors (Lipinski definition) is 4. The zero-order chi connectivity index (χ0) is 20.4. The number of nitrogens with zero attached hydrogens (tertiary/aromatic N) is 1. The van der Waals surface area contributed by atoms with Crippen molar-refractivity contribution in [2.24, 2.45) is 4.99 Å². The second-order valence-corrected chi connectivity index (χ2v) is 7.33. The molecule has 8 heteroatoms. The van der Waals surface area contributed by atoms with Crippen LogP contribution in [0.3, 0.4) is 0 Å². The standard InChI is InChI=1S/C21H30N4O3.HI/c1-21(2,3)28-20(26)25-17-9-7-16(8-10-17)11-13-23-19(22-4)24-14-12-18-6-5-15-27-18;/h5-10,15H,11-14H2,1-4H3,(H,25,26)(H2,22,23,24);1H. The first kappa shape index (κ1) is 24.8. The molecule has 2 aromatic rings. The number of rotatable bonds is 7. The average molecular weight is 514 g/mol. The highest BCUT2D eigenvalue weighted by atomic mass is 127. The maximum Gasteiger partial charge on any atom is 0.412 e. The minimum Gasteiger partial charge on any atom is -0.469 e. The molecule has 1 heterocycles. The van der Waals surface area contributed by atoms with Crippen molar-refractivity contribution in [3.8, 4) is 0 Å². The molecule has 0 spiro atoms. The number of benzene rings is 1. The first-order chi connectivity index (χ1) is 13.4. The Kier molecular flexibility index (Phi) is 10.6. The molecule has 160 valence electrons. The number of aliphatic imine (C=N–C) groups is 1. The van der Waals surface area contributed by atoms with Crippen LogP contribution in [0.25, 0.3) is 0 Å². The average Bonchev–Trinajstić information content (AvgIpc) is 3.13. The van der Waals surface area contributed by atoms with Gasteiger partial charge in [0.1, 0.15) is 11.4 Å². The van der Waals surface area contributed by atoms with Crippen molar-refractivity contribution >= 4 is 41.7 Å². The van der Waals surface area contributed by atoms with E-state index in [4.69, 9.17) is 9.15 Å². The van der Waals surface area contributed by atoms with Crippen LogP contribution in [0, 0.1) is 0 Å². The summed E-state index contributed by atoms with van der Waals surface area (Å²) in [6.45, 7) is 7.00. The molecule has 0 fully saturated rings. The van der Waals surface area contributed by atoms with Gasteiger partial charge in [0.15, 0.2) is 5.96 Å². The monoisotopic (exact) mass is 514 g/mol. The number of nitrogens with one attached hydrogen (secondary N) is 3. The van der Waals surface area contributed by atoms with E-state index in [2.05, 4.69) is 20.9 Å². The normalized spacial score (nSPS) is 11.4. The fourth-order valence-electron chi connectivity index (χ4n) is 2.48. The van der Waals surface area contributed by atoms with Gasteiger partial charge in [-0.25, -0.2) is 4.79 Å². The minimum absolute atomic E-state index is 0. The summed E-state index contributed by atoms with van der Waals surface area (Å²) in [6, 6.07) is 11.6. The Balaban J connectivity index is 0.00000420. The zero-order valence-corrected chi connectivity index (χ0v) is 19.8. The first-order valence-corrected chi connectivity index (χ1v) is 9.41. The van der Waals surface area contributed by atoms with E-state index in [1.54, 1.807) is 13.3 Å². The highest BCUT2D eigenvalue weighted by molar-refractivity contribution is 14.0. The van der Waals surface area contributed by atoms with Gasteiger partial charge in [0, 0.05) is 32.2 Å².